The number of ether oxygens (including phenoxy) is 1. The lowest BCUT2D eigenvalue weighted by Gasteiger charge is -2.10. The van der Waals surface area contributed by atoms with Gasteiger partial charge in [0, 0.05) is 19.8 Å². The lowest BCUT2D eigenvalue weighted by Crippen LogP contribution is -2.42. The number of esters is 1. The second-order valence-electron chi connectivity index (χ2n) is 6.76. The van der Waals surface area contributed by atoms with Crippen molar-refractivity contribution < 1.29 is 14.3 Å². The molecular weight excluding hydrogens is 454 g/mol. The third kappa shape index (κ3) is 3.92. The van der Waals surface area contributed by atoms with Gasteiger partial charge in [0.05, 0.1) is 4.70 Å². The summed E-state index contributed by atoms with van der Waals surface area (Å²) in [7, 11) is 2.57. The number of thiophene rings is 1. The van der Waals surface area contributed by atoms with Gasteiger partial charge in [-0.15, -0.1) is 11.3 Å². The van der Waals surface area contributed by atoms with Crippen LogP contribution < -0.4 is 22.3 Å². The molecule has 0 aliphatic carbocycles. The van der Waals surface area contributed by atoms with Gasteiger partial charge in [-0.3, -0.25) is 18.7 Å². The van der Waals surface area contributed by atoms with Crippen LogP contribution in [0.2, 0.25) is 0 Å². The Labute approximate surface area is 188 Å². The Balaban J connectivity index is 1.47. The first-order valence-electron chi connectivity index (χ1n) is 9.24. The van der Waals surface area contributed by atoms with Gasteiger partial charge in [-0.1, -0.05) is 29.5 Å². The van der Waals surface area contributed by atoms with Crippen molar-refractivity contribution in [3.05, 3.63) is 67.7 Å². The number of ketones is 1. The number of benzene rings is 1. The number of nitrogen functional groups attached to an aromatic ring is 1. The molecule has 0 saturated carbocycles. The molecule has 0 radical (unpaired) electrons. The number of anilines is 3. The summed E-state index contributed by atoms with van der Waals surface area (Å²) in [5.74, 6) is -1.79. The molecule has 4 aromatic rings. The predicted molar refractivity (Wildman–Crippen MR) is 123 cm³/mol. The molecule has 12 heteroatoms. The largest absolute Gasteiger partial charge is 0.453 e. The fourth-order valence-electron chi connectivity index (χ4n) is 2.93. The molecule has 10 nitrogen and oxygen atoms in total. The summed E-state index contributed by atoms with van der Waals surface area (Å²) in [5.41, 5.74) is 4.76. The number of nitrogens with zero attached hydrogens (tertiary/aromatic N) is 3. The predicted octanol–water partition coefficient (Wildman–Crippen LogP) is 2.12. The zero-order valence-electron chi connectivity index (χ0n) is 16.9. The highest BCUT2D eigenvalue weighted by molar-refractivity contribution is 7.29. The molecule has 0 saturated heterocycles. The molecule has 0 aliphatic rings. The van der Waals surface area contributed by atoms with Crippen LogP contribution in [0.5, 0.6) is 0 Å². The second-order valence-corrected chi connectivity index (χ2v) is 8.82. The number of rotatable bonds is 6. The lowest BCUT2D eigenvalue weighted by atomic mass is 10.2. The van der Waals surface area contributed by atoms with Crippen LogP contribution in [0.25, 0.3) is 9.53 Å². The molecule has 3 aromatic heterocycles. The number of carbonyl (C=O) groups excluding carboxylic acids is 2. The Morgan fingerprint density at radius 2 is 1.84 bits per heavy atom. The number of Topliss-reactive ketones (excluding diaryl/α,β-unsaturated/α-hetero) is 1. The third-order valence-electron chi connectivity index (χ3n) is 4.64. The van der Waals surface area contributed by atoms with Gasteiger partial charge in [-0.05, 0) is 18.2 Å². The smallest absolute Gasteiger partial charge is 0.348 e. The molecule has 32 heavy (non-hydrogen) atoms. The van der Waals surface area contributed by atoms with E-state index in [1.807, 2.05) is 30.3 Å². The van der Waals surface area contributed by atoms with Gasteiger partial charge < -0.3 is 15.8 Å². The Bertz CT molecular complexity index is 1430. The molecular formula is C20H17N5O5S2. The van der Waals surface area contributed by atoms with Crippen molar-refractivity contribution in [2.24, 2.45) is 14.1 Å². The Morgan fingerprint density at radius 1 is 1.12 bits per heavy atom. The van der Waals surface area contributed by atoms with Gasteiger partial charge >= 0.3 is 11.7 Å². The normalized spacial score (nSPS) is 10.9. The van der Waals surface area contributed by atoms with Crippen molar-refractivity contribution in [1.82, 2.24) is 14.1 Å². The standard InChI is InChI=1S/C20H17N5O5S2/c1-24-15(21)14(17(27)25(2)20(24)29)11(26)9-30-18(28)13-8-12-16(31-13)23-19(32-12)22-10-6-4-3-5-7-10/h3-8H,9,21H2,1-2H3,(H,22,23). The minimum atomic E-state index is -0.842. The van der Waals surface area contributed by atoms with Gasteiger partial charge in [0.25, 0.3) is 5.56 Å². The van der Waals surface area contributed by atoms with E-state index in [9.17, 15) is 19.2 Å². The van der Waals surface area contributed by atoms with Crippen LogP contribution in [0.4, 0.5) is 16.6 Å². The first-order chi connectivity index (χ1) is 15.3. The first-order valence-corrected chi connectivity index (χ1v) is 10.9. The van der Waals surface area contributed by atoms with Crippen LogP contribution in [0.1, 0.15) is 20.0 Å². The maximum Gasteiger partial charge on any atom is 0.348 e. The summed E-state index contributed by atoms with van der Waals surface area (Å²) in [6.45, 7) is -0.684. The first kappa shape index (κ1) is 21.5. The third-order valence-corrected chi connectivity index (χ3v) is 6.69. The summed E-state index contributed by atoms with van der Waals surface area (Å²) in [5, 5.41) is 3.88. The highest BCUT2D eigenvalue weighted by Gasteiger charge is 2.22. The molecule has 164 valence electrons. The van der Waals surface area contributed by atoms with Crippen LogP contribution in [0.15, 0.2) is 46.0 Å². The van der Waals surface area contributed by atoms with Gasteiger partial charge in [0.2, 0.25) is 5.78 Å². The van der Waals surface area contributed by atoms with Crippen molar-refractivity contribution in [2.75, 3.05) is 17.7 Å². The quantitative estimate of drug-likeness (QED) is 0.322. The number of fused-ring (bicyclic) bond motifs is 1. The van der Waals surface area contributed by atoms with Crippen molar-refractivity contribution in [2.45, 2.75) is 0 Å². The van der Waals surface area contributed by atoms with E-state index in [2.05, 4.69) is 10.3 Å². The maximum absolute atomic E-state index is 12.5. The topological polar surface area (TPSA) is 138 Å². The monoisotopic (exact) mass is 471 g/mol. The molecule has 0 spiro atoms. The van der Waals surface area contributed by atoms with Crippen LogP contribution in [0, 0.1) is 0 Å². The summed E-state index contributed by atoms with van der Waals surface area (Å²) in [6.07, 6.45) is 0. The van der Waals surface area contributed by atoms with Crippen molar-refractivity contribution in [3.63, 3.8) is 0 Å². The molecule has 1 aromatic carbocycles. The number of thiazole rings is 1. The van der Waals surface area contributed by atoms with Crippen LogP contribution in [-0.4, -0.2) is 32.5 Å². The second kappa shape index (κ2) is 8.40. The van der Waals surface area contributed by atoms with Crippen molar-refractivity contribution >= 4 is 60.6 Å². The number of nitrogens with one attached hydrogen (secondary N) is 1. The number of nitrogens with two attached hydrogens (primary N) is 1. The zero-order valence-corrected chi connectivity index (χ0v) is 18.6. The molecule has 0 fully saturated rings. The SMILES string of the molecule is Cn1c(N)c(C(=O)COC(=O)c2cc3sc(Nc4ccccc4)nc3s2)c(=O)n(C)c1=O. The zero-order chi connectivity index (χ0) is 23.0. The number of hydrogen-bond acceptors (Lipinski definition) is 10. The Kier molecular flexibility index (Phi) is 5.63. The van der Waals surface area contributed by atoms with E-state index in [1.54, 1.807) is 6.07 Å². The minimum Gasteiger partial charge on any atom is -0.453 e. The van der Waals surface area contributed by atoms with E-state index in [-0.39, 0.29) is 10.7 Å². The number of carbonyl (C=O) groups is 2. The van der Waals surface area contributed by atoms with Gasteiger partial charge in [-0.2, -0.15) is 0 Å². The molecule has 3 heterocycles. The van der Waals surface area contributed by atoms with E-state index in [1.165, 1.54) is 25.4 Å². The number of aromatic nitrogens is 3. The molecule has 3 N–H and O–H groups in total. The molecule has 4 rings (SSSR count). The summed E-state index contributed by atoms with van der Waals surface area (Å²) >= 11 is 2.52. The van der Waals surface area contributed by atoms with E-state index in [0.717, 1.165) is 30.9 Å². The lowest BCUT2D eigenvalue weighted by molar-refractivity contribution is 0.0479. The van der Waals surface area contributed by atoms with E-state index in [0.29, 0.717) is 9.96 Å². The number of para-hydroxylation sites is 1. The fourth-order valence-corrected chi connectivity index (χ4v) is 4.96. The van der Waals surface area contributed by atoms with Gasteiger partial charge in [0.15, 0.2) is 11.7 Å². The van der Waals surface area contributed by atoms with Crippen LogP contribution >= 0.6 is 22.7 Å². The Hall–Kier alpha value is -3.77. The highest BCUT2D eigenvalue weighted by atomic mass is 32.1. The average Bonchev–Trinajstić information content (AvgIpc) is 3.34. The average molecular weight is 472 g/mol. The summed E-state index contributed by atoms with van der Waals surface area (Å²) < 4.78 is 7.63. The fraction of sp³-hybridized carbons (Fsp3) is 0.150. The van der Waals surface area contributed by atoms with Gasteiger partial charge in [0.1, 0.15) is 21.1 Å². The van der Waals surface area contributed by atoms with Crippen molar-refractivity contribution in [3.8, 4) is 0 Å². The molecule has 0 aliphatic heterocycles. The van der Waals surface area contributed by atoms with E-state index < -0.39 is 35.2 Å². The summed E-state index contributed by atoms with van der Waals surface area (Å²) in [6, 6.07) is 11.2. The molecule has 0 amide bonds. The maximum atomic E-state index is 12.5. The van der Waals surface area contributed by atoms with Crippen LogP contribution in [0.3, 0.4) is 0 Å². The van der Waals surface area contributed by atoms with Crippen LogP contribution in [-0.2, 0) is 18.8 Å². The molecule has 0 atom stereocenters. The minimum absolute atomic E-state index is 0.277. The molecule has 0 unspecified atom stereocenters. The van der Waals surface area contributed by atoms with Gasteiger partial charge in [-0.25, -0.2) is 14.6 Å². The Morgan fingerprint density at radius 3 is 2.53 bits per heavy atom. The number of hydrogen-bond donors (Lipinski definition) is 2. The van der Waals surface area contributed by atoms with E-state index in [4.69, 9.17) is 10.5 Å². The molecule has 0 bridgehead atoms. The summed E-state index contributed by atoms with van der Waals surface area (Å²) in [4.78, 5) is 54.4. The van der Waals surface area contributed by atoms with E-state index >= 15 is 0 Å². The van der Waals surface area contributed by atoms with Crippen molar-refractivity contribution in [1.29, 1.82) is 0 Å². The highest BCUT2D eigenvalue weighted by Crippen LogP contribution is 2.34.